The van der Waals surface area contributed by atoms with Crippen LogP contribution in [0.3, 0.4) is 0 Å². The Balaban J connectivity index is 1.80. The van der Waals surface area contributed by atoms with Crippen molar-refractivity contribution in [3.8, 4) is 0 Å². The van der Waals surface area contributed by atoms with Crippen LogP contribution in [0.2, 0.25) is 0 Å². The Morgan fingerprint density at radius 1 is 1.09 bits per heavy atom. The fourth-order valence-electron chi connectivity index (χ4n) is 2.58. The minimum absolute atomic E-state index is 0.0553. The van der Waals surface area contributed by atoms with Gasteiger partial charge in [-0.3, -0.25) is 14.5 Å². The van der Waals surface area contributed by atoms with Crippen LogP contribution in [0.5, 0.6) is 0 Å². The maximum atomic E-state index is 12.4. The second-order valence-electron chi connectivity index (χ2n) is 6.72. The van der Waals surface area contributed by atoms with Crippen molar-refractivity contribution in [2.75, 3.05) is 32.7 Å². The van der Waals surface area contributed by atoms with E-state index in [-0.39, 0.29) is 17.4 Å². The molecule has 0 saturated carbocycles. The largest absolute Gasteiger partial charge is 0.350 e. The molecule has 2 amide bonds. The molecule has 23 heavy (non-hydrogen) atoms. The first-order valence-corrected chi connectivity index (χ1v) is 8.29. The summed E-state index contributed by atoms with van der Waals surface area (Å²) in [6, 6.07) is 9.35. The minimum Gasteiger partial charge on any atom is -0.350 e. The van der Waals surface area contributed by atoms with E-state index < -0.39 is 0 Å². The van der Waals surface area contributed by atoms with Crippen molar-refractivity contribution >= 4 is 11.8 Å². The summed E-state index contributed by atoms with van der Waals surface area (Å²) in [4.78, 5) is 28.4. The molecule has 1 aromatic carbocycles. The van der Waals surface area contributed by atoms with Gasteiger partial charge in [-0.05, 0) is 32.4 Å². The molecule has 1 aromatic rings. The predicted octanol–water partition coefficient (Wildman–Crippen LogP) is 1.75. The van der Waals surface area contributed by atoms with Crippen molar-refractivity contribution in [2.24, 2.45) is 0 Å². The molecule has 0 atom stereocenters. The average Bonchev–Trinajstić information content (AvgIpc) is 2.55. The molecule has 0 spiro atoms. The summed E-state index contributed by atoms with van der Waals surface area (Å²) in [5.74, 6) is 0.126. The first kappa shape index (κ1) is 17.5. The number of nitrogens with zero attached hydrogens (tertiary/aromatic N) is 2. The summed E-state index contributed by atoms with van der Waals surface area (Å²) in [5, 5.41) is 3.05. The summed E-state index contributed by atoms with van der Waals surface area (Å²) in [5.41, 5.74) is 0.561. The van der Waals surface area contributed by atoms with Gasteiger partial charge in [-0.2, -0.15) is 0 Å². The van der Waals surface area contributed by atoms with E-state index in [0.717, 1.165) is 25.1 Å². The van der Waals surface area contributed by atoms with Crippen LogP contribution in [-0.2, 0) is 4.79 Å². The van der Waals surface area contributed by atoms with Gasteiger partial charge in [0, 0.05) is 37.3 Å². The van der Waals surface area contributed by atoms with Crippen molar-refractivity contribution in [1.82, 2.24) is 15.1 Å². The van der Waals surface area contributed by atoms with Crippen LogP contribution < -0.4 is 5.32 Å². The number of rotatable bonds is 5. The SMILES string of the molecule is CCC(C)(C)NC(=O)CN1CCN(C(=O)c2ccccc2)CC1. The number of carbonyl (C=O) groups is 2. The van der Waals surface area contributed by atoms with Gasteiger partial charge in [0.05, 0.1) is 6.54 Å². The fourth-order valence-corrected chi connectivity index (χ4v) is 2.58. The Labute approximate surface area is 138 Å². The zero-order chi connectivity index (χ0) is 16.9. The summed E-state index contributed by atoms with van der Waals surface area (Å²) >= 11 is 0. The zero-order valence-electron chi connectivity index (χ0n) is 14.3. The van der Waals surface area contributed by atoms with Crippen LogP contribution in [0, 0.1) is 0 Å². The van der Waals surface area contributed by atoms with Gasteiger partial charge >= 0.3 is 0 Å². The first-order chi connectivity index (χ1) is 10.9. The summed E-state index contributed by atoms with van der Waals surface area (Å²) < 4.78 is 0. The van der Waals surface area contributed by atoms with Gasteiger partial charge in [-0.25, -0.2) is 0 Å². The summed E-state index contributed by atoms with van der Waals surface area (Å²) in [6.07, 6.45) is 0.901. The molecule has 1 N–H and O–H groups in total. The normalized spacial score (nSPS) is 16.2. The Hall–Kier alpha value is -1.88. The molecular weight excluding hydrogens is 290 g/mol. The van der Waals surface area contributed by atoms with E-state index in [2.05, 4.69) is 17.1 Å². The summed E-state index contributed by atoms with van der Waals surface area (Å²) in [7, 11) is 0. The Kier molecular flexibility index (Phi) is 5.77. The van der Waals surface area contributed by atoms with Gasteiger partial charge in [-0.15, -0.1) is 0 Å². The van der Waals surface area contributed by atoms with E-state index in [0.29, 0.717) is 19.6 Å². The van der Waals surface area contributed by atoms with Gasteiger partial charge in [0.25, 0.3) is 5.91 Å². The standard InChI is InChI=1S/C18H27N3O2/c1-4-18(2,3)19-16(22)14-20-10-12-21(13-11-20)17(23)15-8-6-5-7-9-15/h5-9H,4,10-14H2,1-3H3,(H,19,22). The van der Waals surface area contributed by atoms with Gasteiger partial charge in [0.1, 0.15) is 0 Å². The van der Waals surface area contributed by atoms with Crippen LogP contribution in [0.25, 0.3) is 0 Å². The third-order valence-corrected chi connectivity index (χ3v) is 4.41. The first-order valence-electron chi connectivity index (χ1n) is 8.29. The van der Waals surface area contributed by atoms with Crippen molar-refractivity contribution in [3.05, 3.63) is 35.9 Å². The molecule has 5 heteroatoms. The third kappa shape index (κ3) is 5.06. The van der Waals surface area contributed by atoms with Crippen LogP contribution in [0.4, 0.5) is 0 Å². The lowest BCUT2D eigenvalue weighted by molar-refractivity contribution is -0.124. The maximum absolute atomic E-state index is 12.4. The molecular formula is C18H27N3O2. The van der Waals surface area contributed by atoms with Crippen LogP contribution >= 0.6 is 0 Å². The quantitative estimate of drug-likeness (QED) is 0.900. The summed E-state index contributed by atoms with van der Waals surface area (Å²) in [6.45, 7) is 9.32. The molecule has 1 saturated heterocycles. The number of hydrogen-bond acceptors (Lipinski definition) is 3. The molecule has 2 rings (SSSR count). The lowest BCUT2D eigenvalue weighted by Crippen LogP contribution is -2.53. The van der Waals surface area contributed by atoms with E-state index in [4.69, 9.17) is 0 Å². The number of benzene rings is 1. The Morgan fingerprint density at radius 3 is 2.26 bits per heavy atom. The predicted molar refractivity (Wildman–Crippen MR) is 91.3 cm³/mol. The molecule has 0 aliphatic carbocycles. The highest BCUT2D eigenvalue weighted by atomic mass is 16.2. The van der Waals surface area contributed by atoms with E-state index in [1.807, 2.05) is 49.1 Å². The van der Waals surface area contributed by atoms with Crippen molar-refractivity contribution < 1.29 is 9.59 Å². The molecule has 1 heterocycles. The van der Waals surface area contributed by atoms with E-state index >= 15 is 0 Å². The Bertz CT molecular complexity index is 534. The molecule has 1 aliphatic heterocycles. The van der Waals surface area contributed by atoms with Gasteiger partial charge < -0.3 is 10.2 Å². The Morgan fingerprint density at radius 2 is 1.70 bits per heavy atom. The molecule has 1 aliphatic rings. The molecule has 0 radical (unpaired) electrons. The van der Waals surface area contributed by atoms with Gasteiger partial charge in [0.2, 0.25) is 5.91 Å². The topological polar surface area (TPSA) is 52.7 Å². The highest BCUT2D eigenvalue weighted by molar-refractivity contribution is 5.94. The van der Waals surface area contributed by atoms with Crippen molar-refractivity contribution in [3.63, 3.8) is 0 Å². The number of amides is 2. The number of piperazine rings is 1. The zero-order valence-corrected chi connectivity index (χ0v) is 14.3. The van der Waals surface area contributed by atoms with Crippen molar-refractivity contribution in [1.29, 1.82) is 0 Å². The maximum Gasteiger partial charge on any atom is 0.253 e. The van der Waals surface area contributed by atoms with Crippen LogP contribution in [0.15, 0.2) is 30.3 Å². The monoisotopic (exact) mass is 317 g/mol. The molecule has 0 aromatic heterocycles. The van der Waals surface area contributed by atoms with Crippen LogP contribution in [-0.4, -0.2) is 59.9 Å². The minimum atomic E-state index is -0.165. The highest BCUT2D eigenvalue weighted by Gasteiger charge is 2.24. The third-order valence-electron chi connectivity index (χ3n) is 4.41. The molecule has 5 nitrogen and oxygen atoms in total. The molecule has 126 valence electrons. The number of carbonyl (C=O) groups excluding carboxylic acids is 2. The molecule has 0 unspecified atom stereocenters. The van der Waals surface area contributed by atoms with Crippen molar-refractivity contribution in [2.45, 2.75) is 32.7 Å². The molecule has 0 bridgehead atoms. The highest BCUT2D eigenvalue weighted by Crippen LogP contribution is 2.10. The second kappa shape index (κ2) is 7.59. The second-order valence-corrected chi connectivity index (χ2v) is 6.72. The van der Waals surface area contributed by atoms with Gasteiger partial charge in [-0.1, -0.05) is 25.1 Å². The van der Waals surface area contributed by atoms with Crippen LogP contribution in [0.1, 0.15) is 37.6 Å². The van der Waals surface area contributed by atoms with Gasteiger partial charge in [0.15, 0.2) is 0 Å². The van der Waals surface area contributed by atoms with E-state index in [1.54, 1.807) is 0 Å². The average molecular weight is 317 g/mol. The van der Waals surface area contributed by atoms with E-state index in [1.165, 1.54) is 0 Å². The molecule has 1 fully saturated rings. The lowest BCUT2D eigenvalue weighted by Gasteiger charge is -2.35. The smallest absolute Gasteiger partial charge is 0.253 e. The lowest BCUT2D eigenvalue weighted by atomic mass is 10.0. The number of nitrogens with one attached hydrogen (secondary N) is 1. The van der Waals surface area contributed by atoms with E-state index in [9.17, 15) is 9.59 Å². The fraction of sp³-hybridized carbons (Fsp3) is 0.556. The number of hydrogen-bond donors (Lipinski definition) is 1.